The molecule has 0 aromatic heterocycles. The van der Waals surface area contributed by atoms with E-state index in [4.69, 9.17) is 16.7 Å². The third-order valence-corrected chi connectivity index (χ3v) is 2.66. The number of nitrogens with one attached hydrogen (secondary N) is 1. The van der Waals surface area contributed by atoms with Gasteiger partial charge < -0.3 is 10.4 Å². The van der Waals surface area contributed by atoms with Gasteiger partial charge in [0.15, 0.2) is 0 Å². The first kappa shape index (κ1) is 14.4. The van der Waals surface area contributed by atoms with Crippen LogP contribution in [0.25, 0.3) is 0 Å². The molecule has 4 nitrogen and oxygen atoms in total. The highest BCUT2D eigenvalue weighted by atomic mass is 35.5. The van der Waals surface area contributed by atoms with Crippen LogP contribution in [0, 0.1) is 12.7 Å². The quantitative estimate of drug-likeness (QED) is 0.810. The Labute approximate surface area is 109 Å². The molecule has 2 N–H and O–H groups in total. The Morgan fingerprint density at radius 1 is 1.44 bits per heavy atom. The average Bonchev–Trinajstić information content (AvgIpc) is 2.28. The first-order chi connectivity index (χ1) is 8.41. The fraction of sp³-hybridized carbons (Fsp3) is 0.333. The molecule has 1 aromatic rings. The molecule has 18 heavy (non-hydrogen) atoms. The Bertz CT molecular complexity index is 477. The van der Waals surface area contributed by atoms with Crippen LogP contribution >= 0.6 is 11.6 Å². The predicted octanol–water partition coefficient (Wildman–Crippen LogP) is 2.38. The lowest BCUT2D eigenvalue weighted by Crippen LogP contribution is -2.25. The molecule has 0 atom stereocenters. The lowest BCUT2D eigenvalue weighted by atomic mass is 10.1. The largest absolute Gasteiger partial charge is 0.481 e. The number of halogens is 2. The van der Waals surface area contributed by atoms with Crippen LogP contribution in [0.15, 0.2) is 12.1 Å². The van der Waals surface area contributed by atoms with Gasteiger partial charge in [0.1, 0.15) is 5.82 Å². The lowest BCUT2D eigenvalue weighted by Gasteiger charge is -2.07. The number of carboxylic acid groups (broad SMARTS) is 1. The third-order valence-electron chi connectivity index (χ3n) is 2.35. The van der Waals surface area contributed by atoms with Crippen LogP contribution in [0.2, 0.25) is 5.02 Å². The minimum atomic E-state index is -0.927. The minimum Gasteiger partial charge on any atom is -0.481 e. The van der Waals surface area contributed by atoms with Gasteiger partial charge >= 0.3 is 5.97 Å². The summed E-state index contributed by atoms with van der Waals surface area (Å²) in [7, 11) is 0. The van der Waals surface area contributed by atoms with Crippen molar-refractivity contribution in [1.29, 1.82) is 0 Å². The van der Waals surface area contributed by atoms with Gasteiger partial charge in [0.2, 0.25) is 0 Å². The molecular formula is C12H13ClFNO3. The monoisotopic (exact) mass is 273 g/mol. The van der Waals surface area contributed by atoms with Crippen molar-refractivity contribution in [1.82, 2.24) is 5.32 Å². The summed E-state index contributed by atoms with van der Waals surface area (Å²) in [5, 5.41) is 11.1. The van der Waals surface area contributed by atoms with Crippen LogP contribution in [-0.2, 0) is 4.79 Å². The van der Waals surface area contributed by atoms with Crippen LogP contribution in [0.4, 0.5) is 4.39 Å². The summed E-state index contributed by atoms with van der Waals surface area (Å²) in [6.07, 6.45) is 0.281. The summed E-state index contributed by atoms with van der Waals surface area (Å²) >= 11 is 5.84. The molecule has 0 fully saturated rings. The van der Waals surface area contributed by atoms with E-state index in [-0.39, 0.29) is 23.6 Å². The summed E-state index contributed by atoms with van der Waals surface area (Å²) in [4.78, 5) is 21.9. The van der Waals surface area contributed by atoms with Crippen molar-refractivity contribution in [3.63, 3.8) is 0 Å². The summed E-state index contributed by atoms with van der Waals surface area (Å²) in [6, 6.07) is 2.45. The molecule has 0 radical (unpaired) electrons. The van der Waals surface area contributed by atoms with Gasteiger partial charge in [0.25, 0.3) is 5.91 Å². The number of aryl methyl sites for hydroxylation is 1. The fourth-order valence-electron chi connectivity index (χ4n) is 1.36. The van der Waals surface area contributed by atoms with Crippen LogP contribution in [0.3, 0.4) is 0 Å². The molecule has 0 saturated carbocycles. The van der Waals surface area contributed by atoms with E-state index in [1.165, 1.54) is 6.07 Å². The zero-order valence-electron chi connectivity index (χ0n) is 9.80. The molecule has 0 aliphatic rings. The Morgan fingerprint density at radius 2 is 2.11 bits per heavy atom. The molecule has 1 aromatic carbocycles. The molecular weight excluding hydrogens is 261 g/mol. The maximum absolute atomic E-state index is 13.3. The normalized spacial score (nSPS) is 10.2. The van der Waals surface area contributed by atoms with Gasteiger partial charge in [0, 0.05) is 13.0 Å². The zero-order chi connectivity index (χ0) is 13.7. The molecule has 0 unspecified atom stereocenters. The van der Waals surface area contributed by atoms with E-state index in [1.807, 2.05) is 0 Å². The molecule has 1 rings (SSSR count). The van der Waals surface area contributed by atoms with Gasteiger partial charge in [-0.2, -0.15) is 0 Å². The van der Waals surface area contributed by atoms with E-state index in [1.54, 1.807) is 6.92 Å². The molecule has 0 spiro atoms. The number of amides is 1. The number of hydrogen-bond acceptors (Lipinski definition) is 2. The Balaban J connectivity index is 2.62. The maximum Gasteiger partial charge on any atom is 0.303 e. The van der Waals surface area contributed by atoms with E-state index in [2.05, 4.69) is 5.32 Å². The average molecular weight is 274 g/mol. The topological polar surface area (TPSA) is 66.4 Å². The predicted molar refractivity (Wildman–Crippen MR) is 65.4 cm³/mol. The first-order valence-corrected chi connectivity index (χ1v) is 5.75. The fourth-order valence-corrected chi connectivity index (χ4v) is 1.66. The smallest absolute Gasteiger partial charge is 0.303 e. The van der Waals surface area contributed by atoms with Crippen LogP contribution in [0.1, 0.15) is 28.8 Å². The maximum atomic E-state index is 13.3. The van der Waals surface area contributed by atoms with Crippen LogP contribution in [0.5, 0.6) is 0 Å². The number of carboxylic acids is 1. The van der Waals surface area contributed by atoms with Crippen molar-refractivity contribution in [2.75, 3.05) is 6.54 Å². The summed E-state index contributed by atoms with van der Waals surface area (Å²) < 4.78 is 13.3. The van der Waals surface area contributed by atoms with Crippen molar-refractivity contribution in [2.45, 2.75) is 19.8 Å². The Hall–Kier alpha value is -1.62. The Morgan fingerprint density at radius 3 is 2.72 bits per heavy atom. The highest BCUT2D eigenvalue weighted by Crippen LogP contribution is 2.20. The number of aliphatic carboxylic acids is 1. The van der Waals surface area contributed by atoms with Gasteiger partial charge in [-0.25, -0.2) is 4.39 Å². The van der Waals surface area contributed by atoms with Crippen LogP contribution < -0.4 is 5.32 Å². The molecule has 6 heteroatoms. The first-order valence-electron chi connectivity index (χ1n) is 5.37. The van der Waals surface area contributed by atoms with Crippen molar-refractivity contribution in [3.8, 4) is 0 Å². The standard InChI is InChI=1S/C12H13ClFNO3/c1-7-5-9(13)8(6-10(7)14)12(18)15-4-2-3-11(16)17/h5-6H,2-4H2,1H3,(H,15,18)(H,16,17). The molecule has 0 aliphatic heterocycles. The number of hydrogen-bond donors (Lipinski definition) is 2. The second-order valence-electron chi connectivity index (χ2n) is 3.83. The van der Waals surface area contributed by atoms with E-state index in [9.17, 15) is 14.0 Å². The van der Waals surface area contributed by atoms with Crippen molar-refractivity contribution >= 4 is 23.5 Å². The second-order valence-corrected chi connectivity index (χ2v) is 4.24. The van der Waals surface area contributed by atoms with E-state index < -0.39 is 17.7 Å². The zero-order valence-corrected chi connectivity index (χ0v) is 10.6. The second kappa shape index (κ2) is 6.35. The molecule has 0 bridgehead atoms. The summed E-state index contributed by atoms with van der Waals surface area (Å²) in [6.45, 7) is 1.76. The van der Waals surface area contributed by atoms with Gasteiger partial charge in [-0.15, -0.1) is 0 Å². The molecule has 0 heterocycles. The highest BCUT2D eigenvalue weighted by Gasteiger charge is 2.13. The number of carbonyl (C=O) groups excluding carboxylic acids is 1. The summed E-state index contributed by atoms with van der Waals surface area (Å²) in [5.74, 6) is -1.94. The molecule has 0 aliphatic carbocycles. The van der Waals surface area contributed by atoms with Crippen molar-refractivity contribution in [3.05, 3.63) is 34.1 Å². The third kappa shape index (κ3) is 4.00. The number of rotatable bonds is 5. The van der Waals surface area contributed by atoms with E-state index >= 15 is 0 Å². The van der Waals surface area contributed by atoms with Gasteiger partial charge in [-0.3, -0.25) is 9.59 Å². The minimum absolute atomic E-state index is 0.0315. The molecule has 0 saturated heterocycles. The van der Waals surface area contributed by atoms with Gasteiger partial charge in [-0.1, -0.05) is 11.6 Å². The molecule has 1 amide bonds. The van der Waals surface area contributed by atoms with Gasteiger partial charge in [0.05, 0.1) is 10.6 Å². The SMILES string of the molecule is Cc1cc(Cl)c(C(=O)NCCCC(=O)O)cc1F. The van der Waals surface area contributed by atoms with Crippen molar-refractivity contribution < 1.29 is 19.1 Å². The summed E-state index contributed by atoms with van der Waals surface area (Å²) in [5.41, 5.74) is 0.414. The van der Waals surface area contributed by atoms with Crippen LogP contribution in [-0.4, -0.2) is 23.5 Å². The van der Waals surface area contributed by atoms with E-state index in [0.29, 0.717) is 12.0 Å². The number of benzene rings is 1. The van der Waals surface area contributed by atoms with Crippen molar-refractivity contribution in [2.24, 2.45) is 0 Å². The van der Waals surface area contributed by atoms with E-state index in [0.717, 1.165) is 6.07 Å². The molecule has 98 valence electrons. The Kier molecular flexibility index (Phi) is 5.09. The van der Waals surface area contributed by atoms with Gasteiger partial charge in [-0.05, 0) is 31.0 Å². The highest BCUT2D eigenvalue weighted by molar-refractivity contribution is 6.33. The lowest BCUT2D eigenvalue weighted by molar-refractivity contribution is -0.137. The number of carbonyl (C=O) groups is 2.